The van der Waals surface area contributed by atoms with Gasteiger partial charge < -0.3 is 5.32 Å². The quantitative estimate of drug-likeness (QED) is 0.372. The second-order valence-electron chi connectivity index (χ2n) is 8.01. The zero-order chi connectivity index (χ0) is 22.6. The van der Waals surface area contributed by atoms with Crippen LogP contribution in [-0.4, -0.2) is 36.2 Å². The first-order chi connectivity index (χ1) is 16.2. The number of nitrogens with zero attached hydrogens (tertiary/aromatic N) is 4. The molecule has 1 saturated carbocycles. The van der Waals surface area contributed by atoms with Crippen molar-refractivity contribution in [1.82, 2.24) is 24.5 Å². The van der Waals surface area contributed by atoms with Gasteiger partial charge in [-0.2, -0.15) is 5.10 Å². The molecule has 0 radical (unpaired) electrons. The Bertz CT molecular complexity index is 1290. The smallest absolute Gasteiger partial charge is 0.310 e. The van der Waals surface area contributed by atoms with Crippen molar-refractivity contribution in [2.24, 2.45) is 0 Å². The maximum absolute atomic E-state index is 12.8. The molecule has 1 amide bonds. The summed E-state index contributed by atoms with van der Waals surface area (Å²) < 4.78 is 3.35. The first-order valence-corrected chi connectivity index (χ1v) is 11.9. The zero-order valence-corrected chi connectivity index (χ0v) is 18.8. The van der Waals surface area contributed by atoms with Crippen LogP contribution in [0.15, 0.2) is 76.7 Å². The van der Waals surface area contributed by atoms with Crippen molar-refractivity contribution in [3.8, 4) is 5.69 Å². The third-order valence-corrected chi connectivity index (χ3v) is 6.49. The minimum absolute atomic E-state index is 0.133. The lowest BCUT2D eigenvalue weighted by molar-refractivity contribution is -0.113. The van der Waals surface area contributed by atoms with E-state index in [1.807, 2.05) is 66.7 Å². The van der Waals surface area contributed by atoms with Crippen LogP contribution in [-0.2, 0) is 17.8 Å². The van der Waals surface area contributed by atoms with Crippen LogP contribution >= 0.6 is 11.8 Å². The predicted octanol–water partition coefficient (Wildman–Crippen LogP) is 3.61. The van der Waals surface area contributed by atoms with Crippen molar-refractivity contribution < 1.29 is 4.79 Å². The second-order valence-corrected chi connectivity index (χ2v) is 8.95. The lowest BCUT2D eigenvalue weighted by Crippen LogP contribution is -2.20. The summed E-state index contributed by atoms with van der Waals surface area (Å²) in [4.78, 5) is 25.0. The highest BCUT2D eigenvalue weighted by molar-refractivity contribution is 7.99. The molecule has 5 rings (SSSR count). The summed E-state index contributed by atoms with van der Waals surface area (Å²) in [6, 6.07) is 21.7. The molecule has 0 saturated heterocycles. The van der Waals surface area contributed by atoms with E-state index in [4.69, 9.17) is 5.10 Å². The molecule has 0 spiro atoms. The number of carbonyl (C=O) groups is 1. The van der Waals surface area contributed by atoms with E-state index in [0.717, 1.165) is 29.8 Å². The Morgan fingerprint density at radius 2 is 1.82 bits per heavy atom. The summed E-state index contributed by atoms with van der Waals surface area (Å²) in [6.45, 7) is 0.495. The standard InChI is InChI=1S/C24H24N6O2S/c31-22(16-33-24-27-26-23(32)29(24)14-13-17-7-3-1-4-8-17)25-21-15-20(18-11-12-18)28-30(21)19-9-5-2-6-10-19/h1-10,15,18H,11-14,16H2,(H,25,31)(H,26,32). The van der Waals surface area contributed by atoms with Gasteiger partial charge in [-0.1, -0.05) is 60.3 Å². The van der Waals surface area contributed by atoms with Crippen molar-refractivity contribution in [2.75, 3.05) is 11.1 Å². The van der Waals surface area contributed by atoms with Gasteiger partial charge in [-0.3, -0.25) is 9.36 Å². The number of hydrogen-bond acceptors (Lipinski definition) is 5. The number of rotatable bonds is 9. The Morgan fingerprint density at radius 1 is 1.09 bits per heavy atom. The Labute approximate surface area is 195 Å². The van der Waals surface area contributed by atoms with E-state index in [-0.39, 0.29) is 17.3 Å². The van der Waals surface area contributed by atoms with E-state index in [1.165, 1.54) is 11.8 Å². The summed E-state index contributed by atoms with van der Waals surface area (Å²) in [5.74, 6) is 1.08. The van der Waals surface area contributed by atoms with Crippen LogP contribution in [0.25, 0.3) is 5.69 Å². The molecule has 0 aliphatic heterocycles. The van der Waals surface area contributed by atoms with E-state index < -0.39 is 0 Å². The van der Waals surface area contributed by atoms with E-state index in [2.05, 4.69) is 15.5 Å². The van der Waals surface area contributed by atoms with Gasteiger partial charge >= 0.3 is 5.69 Å². The molecule has 2 aromatic carbocycles. The summed E-state index contributed by atoms with van der Waals surface area (Å²) >= 11 is 1.24. The number of para-hydroxylation sites is 1. The fourth-order valence-electron chi connectivity index (χ4n) is 3.64. The van der Waals surface area contributed by atoms with Crippen molar-refractivity contribution in [1.29, 1.82) is 0 Å². The molecule has 2 heterocycles. The van der Waals surface area contributed by atoms with E-state index in [9.17, 15) is 9.59 Å². The minimum Gasteiger partial charge on any atom is -0.310 e. The maximum atomic E-state index is 12.8. The number of aryl methyl sites for hydroxylation is 1. The van der Waals surface area contributed by atoms with Crippen LogP contribution in [0.3, 0.4) is 0 Å². The second kappa shape index (κ2) is 9.50. The molecular weight excluding hydrogens is 436 g/mol. The molecule has 1 fully saturated rings. The molecule has 8 nitrogen and oxygen atoms in total. The van der Waals surface area contributed by atoms with E-state index in [0.29, 0.717) is 29.9 Å². The number of aromatic nitrogens is 5. The van der Waals surface area contributed by atoms with Crippen LogP contribution in [0.2, 0.25) is 0 Å². The molecule has 0 bridgehead atoms. The maximum Gasteiger partial charge on any atom is 0.343 e. The van der Waals surface area contributed by atoms with E-state index >= 15 is 0 Å². The monoisotopic (exact) mass is 460 g/mol. The van der Waals surface area contributed by atoms with Crippen LogP contribution in [0, 0.1) is 0 Å². The number of H-pyrrole nitrogens is 1. The Morgan fingerprint density at radius 3 is 2.55 bits per heavy atom. The minimum atomic E-state index is -0.273. The molecule has 1 aliphatic rings. The van der Waals surface area contributed by atoms with Crippen LogP contribution in [0.1, 0.15) is 30.0 Å². The van der Waals surface area contributed by atoms with Gasteiger partial charge in [-0.15, -0.1) is 5.10 Å². The topological polar surface area (TPSA) is 97.6 Å². The normalized spacial score (nSPS) is 13.2. The van der Waals surface area contributed by atoms with Crippen molar-refractivity contribution in [2.45, 2.75) is 36.9 Å². The van der Waals surface area contributed by atoms with Gasteiger partial charge in [0.05, 0.1) is 17.1 Å². The van der Waals surface area contributed by atoms with Gasteiger partial charge in [0, 0.05) is 18.5 Å². The summed E-state index contributed by atoms with van der Waals surface area (Å²) in [5.41, 5.74) is 2.77. The third kappa shape index (κ3) is 5.09. The molecule has 9 heteroatoms. The Hall–Kier alpha value is -3.59. The van der Waals surface area contributed by atoms with Crippen LogP contribution in [0.5, 0.6) is 0 Å². The van der Waals surface area contributed by atoms with E-state index in [1.54, 1.807) is 9.25 Å². The van der Waals surface area contributed by atoms with Gasteiger partial charge in [-0.25, -0.2) is 14.6 Å². The Kier molecular flexibility index (Phi) is 6.12. The molecule has 1 aliphatic carbocycles. The highest BCUT2D eigenvalue weighted by Gasteiger charge is 2.28. The van der Waals surface area contributed by atoms with Crippen molar-refractivity contribution in [3.05, 3.63) is 88.5 Å². The van der Waals surface area contributed by atoms with Crippen molar-refractivity contribution >= 4 is 23.5 Å². The summed E-state index contributed by atoms with van der Waals surface area (Å²) in [6.07, 6.45) is 2.98. The summed E-state index contributed by atoms with van der Waals surface area (Å²) in [7, 11) is 0. The van der Waals surface area contributed by atoms with Gasteiger partial charge in [-0.05, 0) is 37.0 Å². The third-order valence-electron chi connectivity index (χ3n) is 5.51. The van der Waals surface area contributed by atoms with Gasteiger partial charge in [0.15, 0.2) is 5.16 Å². The number of carbonyl (C=O) groups excluding carboxylic acids is 1. The van der Waals surface area contributed by atoms with Crippen LogP contribution in [0.4, 0.5) is 5.82 Å². The number of anilines is 1. The lowest BCUT2D eigenvalue weighted by atomic mass is 10.1. The molecule has 0 unspecified atom stereocenters. The Balaban J connectivity index is 1.25. The molecule has 2 N–H and O–H groups in total. The molecule has 4 aromatic rings. The lowest BCUT2D eigenvalue weighted by Gasteiger charge is -2.09. The van der Waals surface area contributed by atoms with Gasteiger partial charge in [0.1, 0.15) is 5.82 Å². The fourth-order valence-corrected chi connectivity index (χ4v) is 4.41. The molecular formula is C24H24N6O2S. The summed E-state index contributed by atoms with van der Waals surface area (Å²) in [5, 5.41) is 14.8. The fraction of sp³-hybridized carbons (Fsp3) is 0.250. The first kappa shape index (κ1) is 21.3. The molecule has 33 heavy (non-hydrogen) atoms. The van der Waals surface area contributed by atoms with Crippen molar-refractivity contribution in [3.63, 3.8) is 0 Å². The number of hydrogen-bond donors (Lipinski definition) is 2. The van der Waals surface area contributed by atoms with Gasteiger partial charge in [0.2, 0.25) is 5.91 Å². The SMILES string of the molecule is O=C(CSc1n[nH]c(=O)n1CCc1ccccc1)Nc1cc(C2CC2)nn1-c1ccccc1. The molecule has 0 atom stereocenters. The number of amides is 1. The van der Waals surface area contributed by atoms with Gasteiger partial charge in [0.25, 0.3) is 0 Å². The number of aromatic amines is 1. The molecule has 2 aromatic heterocycles. The average Bonchev–Trinajstić information content (AvgIpc) is 3.52. The largest absolute Gasteiger partial charge is 0.343 e. The number of thioether (sulfide) groups is 1. The average molecular weight is 461 g/mol. The predicted molar refractivity (Wildman–Crippen MR) is 128 cm³/mol. The molecule has 168 valence electrons. The zero-order valence-electron chi connectivity index (χ0n) is 18.0. The first-order valence-electron chi connectivity index (χ1n) is 10.9. The highest BCUT2D eigenvalue weighted by atomic mass is 32.2. The highest BCUT2D eigenvalue weighted by Crippen LogP contribution is 2.40. The van der Waals surface area contributed by atoms with Crippen LogP contribution < -0.4 is 11.0 Å². The number of nitrogens with one attached hydrogen (secondary N) is 2. The number of benzene rings is 2.